The Morgan fingerprint density at radius 1 is 1.24 bits per heavy atom. The van der Waals surface area contributed by atoms with Crippen molar-refractivity contribution < 1.29 is 4.79 Å². The molecular weight excluding hydrogens is 348 g/mol. The van der Waals surface area contributed by atoms with E-state index >= 15 is 0 Å². The van der Waals surface area contributed by atoms with Crippen LogP contribution in [0.3, 0.4) is 0 Å². The van der Waals surface area contributed by atoms with Crippen molar-refractivity contribution in [3.05, 3.63) is 56.7 Å². The van der Waals surface area contributed by atoms with Crippen LogP contribution in [0.25, 0.3) is 0 Å². The van der Waals surface area contributed by atoms with Crippen LogP contribution in [0.15, 0.2) is 45.6 Å². The van der Waals surface area contributed by atoms with E-state index in [-0.39, 0.29) is 5.91 Å². The van der Waals surface area contributed by atoms with E-state index in [0.717, 1.165) is 14.5 Å². The van der Waals surface area contributed by atoms with Crippen molar-refractivity contribution in [3.8, 4) is 0 Å². The van der Waals surface area contributed by atoms with Gasteiger partial charge in [-0.3, -0.25) is 4.79 Å². The number of aromatic amines is 1. The van der Waals surface area contributed by atoms with E-state index in [0.29, 0.717) is 12.1 Å². The van der Waals surface area contributed by atoms with Gasteiger partial charge in [-0.1, -0.05) is 31.9 Å². The van der Waals surface area contributed by atoms with Gasteiger partial charge in [0.05, 0.1) is 0 Å². The highest BCUT2D eigenvalue weighted by atomic mass is 79.9. The molecule has 0 unspecified atom stereocenters. The number of carbonyl (C=O) groups is 1. The molecule has 0 saturated carbocycles. The van der Waals surface area contributed by atoms with Crippen LogP contribution in [0.4, 0.5) is 0 Å². The van der Waals surface area contributed by atoms with Crippen LogP contribution in [0.1, 0.15) is 15.9 Å². The minimum atomic E-state index is -0.0896. The Bertz CT molecular complexity index is 503. The molecule has 0 bridgehead atoms. The highest BCUT2D eigenvalue weighted by Gasteiger charge is 2.07. The van der Waals surface area contributed by atoms with Crippen molar-refractivity contribution in [2.75, 3.05) is 0 Å². The van der Waals surface area contributed by atoms with Crippen molar-refractivity contribution in [1.82, 2.24) is 10.3 Å². The van der Waals surface area contributed by atoms with E-state index in [9.17, 15) is 4.79 Å². The first-order valence-corrected chi connectivity index (χ1v) is 6.60. The van der Waals surface area contributed by atoms with E-state index in [1.54, 1.807) is 12.1 Å². The van der Waals surface area contributed by atoms with Crippen molar-refractivity contribution >= 4 is 37.8 Å². The second kappa shape index (κ2) is 5.51. The molecule has 0 spiro atoms. The fraction of sp³-hybridized carbons (Fsp3) is 0.0833. The average Bonchev–Trinajstić information content (AvgIpc) is 2.77. The van der Waals surface area contributed by atoms with Gasteiger partial charge in [0.1, 0.15) is 0 Å². The lowest BCUT2D eigenvalue weighted by Gasteiger charge is -2.05. The normalized spacial score (nSPS) is 10.2. The van der Waals surface area contributed by atoms with E-state index < -0.39 is 0 Å². The Morgan fingerprint density at radius 3 is 2.53 bits per heavy atom. The fourth-order valence-electron chi connectivity index (χ4n) is 1.44. The lowest BCUT2D eigenvalue weighted by Crippen LogP contribution is -2.22. The van der Waals surface area contributed by atoms with Gasteiger partial charge in [-0.15, -0.1) is 0 Å². The van der Waals surface area contributed by atoms with Crippen molar-refractivity contribution in [2.24, 2.45) is 0 Å². The van der Waals surface area contributed by atoms with Gasteiger partial charge in [0, 0.05) is 33.4 Å². The summed E-state index contributed by atoms with van der Waals surface area (Å²) in [6, 6.07) is 7.40. The topological polar surface area (TPSA) is 44.9 Å². The smallest absolute Gasteiger partial charge is 0.251 e. The van der Waals surface area contributed by atoms with Gasteiger partial charge >= 0.3 is 0 Å². The summed E-state index contributed by atoms with van der Waals surface area (Å²) in [7, 11) is 0. The standard InChI is InChI=1S/C12H10Br2N2O/c13-10-3-9(4-11(14)5-10)12(17)16-7-8-1-2-15-6-8/h1-6,15H,7H2,(H,16,17). The third-order valence-electron chi connectivity index (χ3n) is 2.24. The highest BCUT2D eigenvalue weighted by Crippen LogP contribution is 2.20. The molecule has 2 rings (SSSR count). The molecule has 2 aromatic rings. The zero-order valence-corrected chi connectivity index (χ0v) is 12.0. The minimum absolute atomic E-state index is 0.0896. The molecular formula is C12H10Br2N2O. The predicted octanol–water partition coefficient (Wildman–Crippen LogP) is 3.47. The number of benzene rings is 1. The number of nitrogens with one attached hydrogen (secondary N) is 2. The van der Waals surface area contributed by atoms with Crippen molar-refractivity contribution in [2.45, 2.75) is 6.54 Å². The first-order valence-electron chi connectivity index (χ1n) is 5.01. The summed E-state index contributed by atoms with van der Waals surface area (Å²) in [6.07, 6.45) is 3.69. The third kappa shape index (κ3) is 3.44. The summed E-state index contributed by atoms with van der Waals surface area (Å²) in [6.45, 7) is 0.520. The fourth-order valence-corrected chi connectivity index (χ4v) is 2.73. The Labute approximate surface area is 116 Å². The molecule has 2 N–H and O–H groups in total. The molecule has 0 atom stereocenters. The largest absolute Gasteiger partial charge is 0.367 e. The average molecular weight is 358 g/mol. The Balaban J connectivity index is 2.04. The number of hydrogen-bond donors (Lipinski definition) is 2. The number of carbonyl (C=O) groups excluding carboxylic acids is 1. The lowest BCUT2D eigenvalue weighted by molar-refractivity contribution is 0.0951. The summed E-state index contributed by atoms with van der Waals surface area (Å²) < 4.78 is 1.75. The molecule has 17 heavy (non-hydrogen) atoms. The Hall–Kier alpha value is -1.07. The summed E-state index contributed by atoms with van der Waals surface area (Å²) in [4.78, 5) is 14.8. The van der Waals surface area contributed by atoms with Crippen LogP contribution in [-0.4, -0.2) is 10.9 Å². The molecule has 0 radical (unpaired) electrons. The molecule has 0 aliphatic rings. The molecule has 0 aliphatic carbocycles. The van der Waals surface area contributed by atoms with Crippen LogP contribution in [-0.2, 0) is 6.54 Å². The zero-order chi connectivity index (χ0) is 12.3. The zero-order valence-electron chi connectivity index (χ0n) is 8.84. The third-order valence-corrected chi connectivity index (χ3v) is 3.16. The quantitative estimate of drug-likeness (QED) is 0.867. The Morgan fingerprint density at radius 2 is 1.94 bits per heavy atom. The van der Waals surface area contributed by atoms with Crippen LogP contribution < -0.4 is 5.32 Å². The lowest BCUT2D eigenvalue weighted by atomic mass is 10.2. The molecule has 0 aliphatic heterocycles. The number of rotatable bonds is 3. The minimum Gasteiger partial charge on any atom is -0.367 e. The summed E-state index contributed by atoms with van der Waals surface area (Å²) in [5.41, 5.74) is 1.68. The van der Waals surface area contributed by atoms with E-state index in [1.165, 1.54) is 0 Å². The molecule has 0 saturated heterocycles. The van der Waals surface area contributed by atoms with Gasteiger partial charge < -0.3 is 10.3 Å². The van der Waals surface area contributed by atoms with Gasteiger partial charge in [-0.2, -0.15) is 0 Å². The van der Waals surface area contributed by atoms with Gasteiger partial charge in [-0.25, -0.2) is 0 Å². The van der Waals surface area contributed by atoms with Gasteiger partial charge in [0.2, 0.25) is 0 Å². The van der Waals surface area contributed by atoms with Crippen LogP contribution in [0.2, 0.25) is 0 Å². The number of H-pyrrole nitrogens is 1. The maximum atomic E-state index is 11.9. The number of aromatic nitrogens is 1. The molecule has 5 heteroatoms. The van der Waals surface area contributed by atoms with E-state index in [2.05, 4.69) is 42.2 Å². The van der Waals surface area contributed by atoms with Crippen LogP contribution >= 0.6 is 31.9 Å². The maximum absolute atomic E-state index is 11.9. The number of hydrogen-bond acceptors (Lipinski definition) is 1. The van der Waals surface area contributed by atoms with Crippen molar-refractivity contribution in [1.29, 1.82) is 0 Å². The highest BCUT2D eigenvalue weighted by molar-refractivity contribution is 9.11. The first kappa shape index (κ1) is 12.4. The molecule has 1 heterocycles. The Kier molecular flexibility index (Phi) is 4.02. The first-order chi connectivity index (χ1) is 8.15. The predicted molar refractivity (Wildman–Crippen MR) is 73.8 cm³/mol. The van der Waals surface area contributed by atoms with Gasteiger partial charge in [0.25, 0.3) is 5.91 Å². The monoisotopic (exact) mass is 356 g/mol. The second-order valence-electron chi connectivity index (χ2n) is 3.56. The molecule has 1 aromatic heterocycles. The molecule has 1 aromatic carbocycles. The maximum Gasteiger partial charge on any atom is 0.251 e. The SMILES string of the molecule is O=C(NCc1cc[nH]c1)c1cc(Br)cc(Br)c1. The summed E-state index contributed by atoms with van der Waals surface area (Å²) in [5, 5.41) is 2.86. The summed E-state index contributed by atoms with van der Waals surface area (Å²) in [5.74, 6) is -0.0896. The van der Waals surface area contributed by atoms with E-state index in [1.807, 2.05) is 24.5 Å². The van der Waals surface area contributed by atoms with E-state index in [4.69, 9.17) is 0 Å². The second-order valence-corrected chi connectivity index (χ2v) is 5.39. The van der Waals surface area contributed by atoms with Crippen molar-refractivity contribution in [3.63, 3.8) is 0 Å². The van der Waals surface area contributed by atoms with Gasteiger partial charge in [-0.05, 0) is 29.8 Å². The van der Waals surface area contributed by atoms with Crippen LogP contribution in [0.5, 0.6) is 0 Å². The molecule has 0 fully saturated rings. The molecule has 1 amide bonds. The molecule has 88 valence electrons. The molecule has 3 nitrogen and oxygen atoms in total. The van der Waals surface area contributed by atoms with Crippen LogP contribution in [0, 0.1) is 0 Å². The number of halogens is 2. The summed E-state index contributed by atoms with van der Waals surface area (Å²) >= 11 is 6.71. The number of amides is 1. The van der Waals surface area contributed by atoms with Gasteiger partial charge in [0.15, 0.2) is 0 Å².